The van der Waals surface area contributed by atoms with Crippen molar-refractivity contribution in [3.05, 3.63) is 101 Å². The van der Waals surface area contributed by atoms with Crippen molar-refractivity contribution in [3.8, 4) is 0 Å². The lowest BCUT2D eigenvalue weighted by Crippen LogP contribution is -2.51. The summed E-state index contributed by atoms with van der Waals surface area (Å²) in [5.74, 6) is -0.623. The predicted molar refractivity (Wildman–Crippen MR) is 129 cm³/mol. The zero-order chi connectivity index (χ0) is 23.3. The average Bonchev–Trinajstić information content (AvgIpc) is 2.84. The monoisotopic (exact) mass is 440 g/mol. The SMILES string of the molecule is CCC1(c2ccc(NC(=O)c3ccccc3CCc3ccccc3)cc2)CCC(=O)NC1=O. The van der Waals surface area contributed by atoms with E-state index in [1.54, 1.807) is 0 Å². The standard InChI is InChI=1S/C28H28N2O3/c1-2-28(19-18-25(31)30-27(28)33)22-14-16-23(17-15-22)29-26(32)24-11-7-6-10-21(24)13-12-20-8-4-3-5-9-20/h3-11,14-17H,2,12-13,18-19H2,1H3,(H,29,32)(H,30,31,33). The lowest BCUT2D eigenvalue weighted by molar-refractivity contribution is -0.138. The van der Waals surface area contributed by atoms with Gasteiger partial charge in [-0.25, -0.2) is 0 Å². The number of benzene rings is 3. The topological polar surface area (TPSA) is 75.3 Å². The lowest BCUT2D eigenvalue weighted by Gasteiger charge is -2.35. The van der Waals surface area contributed by atoms with Gasteiger partial charge in [-0.1, -0.05) is 67.6 Å². The summed E-state index contributed by atoms with van der Waals surface area (Å²) in [6.07, 6.45) is 3.07. The van der Waals surface area contributed by atoms with Gasteiger partial charge in [0.05, 0.1) is 5.41 Å². The normalized spacial score (nSPS) is 18.0. The lowest BCUT2D eigenvalue weighted by atomic mass is 9.72. The van der Waals surface area contributed by atoms with E-state index in [2.05, 4.69) is 22.8 Å². The van der Waals surface area contributed by atoms with Crippen molar-refractivity contribution in [3.63, 3.8) is 0 Å². The van der Waals surface area contributed by atoms with E-state index >= 15 is 0 Å². The largest absolute Gasteiger partial charge is 0.322 e. The molecule has 1 saturated heterocycles. The Labute approximate surface area is 194 Å². The number of hydrogen-bond donors (Lipinski definition) is 2. The van der Waals surface area contributed by atoms with Crippen LogP contribution in [0.1, 0.15) is 53.2 Å². The first-order valence-electron chi connectivity index (χ1n) is 11.4. The summed E-state index contributed by atoms with van der Waals surface area (Å²) < 4.78 is 0. The second kappa shape index (κ2) is 9.82. The maximum absolute atomic E-state index is 13.0. The Balaban J connectivity index is 1.47. The van der Waals surface area contributed by atoms with Gasteiger partial charge in [0.25, 0.3) is 5.91 Å². The third kappa shape index (κ3) is 4.87. The summed E-state index contributed by atoms with van der Waals surface area (Å²) in [6, 6.07) is 25.3. The van der Waals surface area contributed by atoms with Crippen LogP contribution in [0, 0.1) is 0 Å². The number of hydrogen-bond acceptors (Lipinski definition) is 3. The Morgan fingerprint density at radius 3 is 2.30 bits per heavy atom. The molecule has 0 bridgehead atoms. The van der Waals surface area contributed by atoms with Gasteiger partial charge in [-0.05, 0) is 60.6 Å². The number of carbonyl (C=O) groups is 3. The van der Waals surface area contributed by atoms with E-state index in [1.165, 1.54) is 5.56 Å². The minimum absolute atomic E-state index is 0.155. The molecule has 3 aromatic carbocycles. The summed E-state index contributed by atoms with van der Waals surface area (Å²) >= 11 is 0. The van der Waals surface area contributed by atoms with Gasteiger partial charge in [0.2, 0.25) is 11.8 Å². The van der Waals surface area contributed by atoms with Gasteiger partial charge in [0, 0.05) is 17.7 Å². The molecule has 1 atom stereocenters. The first kappa shape index (κ1) is 22.5. The molecule has 1 unspecified atom stereocenters. The Kier molecular flexibility index (Phi) is 6.68. The second-order valence-corrected chi connectivity index (χ2v) is 8.49. The highest BCUT2D eigenvalue weighted by molar-refractivity contribution is 6.05. The van der Waals surface area contributed by atoms with Gasteiger partial charge >= 0.3 is 0 Å². The Bertz CT molecular complexity index is 1160. The van der Waals surface area contributed by atoms with Gasteiger partial charge in [0.1, 0.15) is 0 Å². The summed E-state index contributed by atoms with van der Waals surface area (Å²) in [5.41, 5.74) is 3.72. The van der Waals surface area contributed by atoms with Crippen molar-refractivity contribution in [1.82, 2.24) is 5.32 Å². The first-order valence-corrected chi connectivity index (χ1v) is 11.4. The van der Waals surface area contributed by atoms with E-state index in [9.17, 15) is 14.4 Å². The van der Waals surface area contributed by atoms with Crippen molar-refractivity contribution >= 4 is 23.4 Å². The maximum atomic E-state index is 13.0. The second-order valence-electron chi connectivity index (χ2n) is 8.49. The maximum Gasteiger partial charge on any atom is 0.255 e. The van der Waals surface area contributed by atoms with Gasteiger partial charge in [-0.3, -0.25) is 19.7 Å². The van der Waals surface area contributed by atoms with Gasteiger partial charge in [-0.2, -0.15) is 0 Å². The summed E-state index contributed by atoms with van der Waals surface area (Å²) in [7, 11) is 0. The average molecular weight is 441 g/mol. The summed E-state index contributed by atoms with van der Waals surface area (Å²) in [6.45, 7) is 1.96. The molecule has 5 nitrogen and oxygen atoms in total. The molecule has 1 fully saturated rings. The molecule has 1 heterocycles. The number of imide groups is 1. The van der Waals surface area contributed by atoms with E-state index in [-0.39, 0.29) is 17.7 Å². The Hall–Kier alpha value is -3.73. The molecular weight excluding hydrogens is 412 g/mol. The third-order valence-corrected chi connectivity index (χ3v) is 6.55. The fourth-order valence-electron chi connectivity index (χ4n) is 4.52. The van der Waals surface area contributed by atoms with E-state index in [4.69, 9.17) is 0 Å². The number of piperidine rings is 1. The van der Waals surface area contributed by atoms with E-state index in [0.717, 1.165) is 24.0 Å². The van der Waals surface area contributed by atoms with Crippen molar-refractivity contribution in [2.24, 2.45) is 0 Å². The van der Waals surface area contributed by atoms with Crippen LogP contribution in [-0.4, -0.2) is 17.7 Å². The Morgan fingerprint density at radius 2 is 1.61 bits per heavy atom. The third-order valence-electron chi connectivity index (χ3n) is 6.55. The van der Waals surface area contributed by atoms with Crippen molar-refractivity contribution in [1.29, 1.82) is 0 Å². The molecule has 0 aliphatic carbocycles. The molecular formula is C28H28N2O3. The molecule has 168 valence electrons. The molecule has 4 rings (SSSR count). The van der Waals surface area contributed by atoms with Crippen LogP contribution in [0.3, 0.4) is 0 Å². The van der Waals surface area contributed by atoms with E-state index in [1.807, 2.05) is 73.7 Å². The molecule has 0 saturated carbocycles. The van der Waals surface area contributed by atoms with Gasteiger partial charge in [0.15, 0.2) is 0 Å². The van der Waals surface area contributed by atoms with Crippen LogP contribution in [0.15, 0.2) is 78.9 Å². The van der Waals surface area contributed by atoms with Crippen LogP contribution in [0.4, 0.5) is 5.69 Å². The molecule has 1 aliphatic heterocycles. The number of rotatable bonds is 7. The molecule has 0 aromatic heterocycles. The van der Waals surface area contributed by atoms with Crippen molar-refractivity contribution in [2.45, 2.75) is 44.4 Å². The molecule has 3 amide bonds. The molecule has 0 spiro atoms. The number of nitrogens with one attached hydrogen (secondary N) is 2. The molecule has 3 aromatic rings. The Morgan fingerprint density at radius 1 is 0.909 bits per heavy atom. The fourth-order valence-corrected chi connectivity index (χ4v) is 4.52. The summed E-state index contributed by atoms with van der Waals surface area (Å²) in [5, 5.41) is 5.45. The van der Waals surface area contributed by atoms with Crippen molar-refractivity contribution in [2.75, 3.05) is 5.32 Å². The number of aryl methyl sites for hydroxylation is 2. The van der Waals surface area contributed by atoms with Crippen LogP contribution in [0.2, 0.25) is 0 Å². The molecule has 2 N–H and O–H groups in total. The van der Waals surface area contributed by atoms with Crippen LogP contribution < -0.4 is 10.6 Å². The van der Waals surface area contributed by atoms with Crippen LogP contribution >= 0.6 is 0 Å². The first-order chi connectivity index (χ1) is 16.0. The number of anilines is 1. The predicted octanol–water partition coefficient (Wildman–Crippen LogP) is 4.81. The smallest absolute Gasteiger partial charge is 0.255 e. The van der Waals surface area contributed by atoms with Crippen LogP contribution in [-0.2, 0) is 27.8 Å². The van der Waals surface area contributed by atoms with E-state index < -0.39 is 5.41 Å². The number of amides is 3. The molecule has 1 aliphatic rings. The fraction of sp³-hybridized carbons (Fsp3) is 0.250. The summed E-state index contributed by atoms with van der Waals surface area (Å²) in [4.78, 5) is 37.2. The molecule has 0 radical (unpaired) electrons. The van der Waals surface area contributed by atoms with Crippen molar-refractivity contribution < 1.29 is 14.4 Å². The highest BCUT2D eigenvalue weighted by Gasteiger charge is 2.42. The minimum Gasteiger partial charge on any atom is -0.322 e. The molecule has 33 heavy (non-hydrogen) atoms. The van der Waals surface area contributed by atoms with Crippen LogP contribution in [0.25, 0.3) is 0 Å². The quantitative estimate of drug-likeness (QED) is 0.518. The zero-order valence-corrected chi connectivity index (χ0v) is 18.8. The van der Waals surface area contributed by atoms with E-state index in [0.29, 0.717) is 30.5 Å². The number of carbonyl (C=O) groups excluding carboxylic acids is 3. The molecule has 5 heteroatoms. The van der Waals surface area contributed by atoms with Gasteiger partial charge in [-0.15, -0.1) is 0 Å². The minimum atomic E-state index is -0.708. The van der Waals surface area contributed by atoms with Crippen LogP contribution in [0.5, 0.6) is 0 Å². The highest BCUT2D eigenvalue weighted by Crippen LogP contribution is 2.36. The zero-order valence-electron chi connectivity index (χ0n) is 18.8. The highest BCUT2D eigenvalue weighted by atomic mass is 16.2. The van der Waals surface area contributed by atoms with Gasteiger partial charge < -0.3 is 5.32 Å².